The first-order valence-electron chi connectivity index (χ1n) is 9.37. The van der Waals surface area contributed by atoms with Gasteiger partial charge in [-0.3, -0.25) is 9.69 Å². The van der Waals surface area contributed by atoms with Crippen LogP contribution in [-0.2, 0) is 0 Å². The van der Waals surface area contributed by atoms with Crippen molar-refractivity contribution in [2.24, 2.45) is 0 Å². The summed E-state index contributed by atoms with van der Waals surface area (Å²) < 4.78 is 14.1. The van der Waals surface area contributed by atoms with Crippen LogP contribution in [0, 0.1) is 12.7 Å². The molecule has 0 aliphatic carbocycles. The van der Waals surface area contributed by atoms with Gasteiger partial charge in [0.1, 0.15) is 5.82 Å². The van der Waals surface area contributed by atoms with Crippen molar-refractivity contribution < 1.29 is 14.0 Å². The van der Waals surface area contributed by atoms with Gasteiger partial charge < -0.3 is 10.6 Å². The molecule has 0 aromatic heterocycles. The number of rotatable bonds is 6. The quantitative estimate of drug-likeness (QED) is 0.509. The van der Waals surface area contributed by atoms with Gasteiger partial charge in [0.05, 0.1) is 0 Å². The van der Waals surface area contributed by atoms with E-state index in [4.69, 9.17) is 0 Å². The summed E-state index contributed by atoms with van der Waals surface area (Å²) in [6.07, 6.45) is 0. The van der Waals surface area contributed by atoms with Gasteiger partial charge in [-0.25, -0.2) is 9.18 Å². The van der Waals surface area contributed by atoms with Crippen LogP contribution in [0.1, 0.15) is 15.9 Å². The summed E-state index contributed by atoms with van der Waals surface area (Å²) >= 11 is 3.34. The molecule has 5 nitrogen and oxygen atoms in total. The number of amides is 3. The Labute approximate surface area is 183 Å². The number of urea groups is 1. The molecule has 0 saturated carbocycles. The monoisotopic (exact) mass is 469 g/mol. The molecule has 154 valence electrons. The Kier molecular flexibility index (Phi) is 7.19. The molecule has 0 saturated heterocycles. The number of nitrogens with zero attached hydrogens (tertiary/aromatic N) is 1. The maximum Gasteiger partial charge on any atom is 0.326 e. The number of nitrogens with one attached hydrogen (secondary N) is 2. The third-order valence-electron chi connectivity index (χ3n) is 4.39. The fraction of sp³-hybridized carbons (Fsp3) is 0.130. The van der Waals surface area contributed by atoms with Crippen molar-refractivity contribution in [2.75, 3.05) is 23.3 Å². The lowest BCUT2D eigenvalue weighted by Crippen LogP contribution is -2.41. The third kappa shape index (κ3) is 5.90. The van der Waals surface area contributed by atoms with E-state index < -0.39 is 0 Å². The van der Waals surface area contributed by atoms with Crippen LogP contribution >= 0.6 is 15.9 Å². The Balaban J connectivity index is 1.69. The first-order chi connectivity index (χ1) is 14.4. The van der Waals surface area contributed by atoms with Crippen LogP contribution in [0.2, 0.25) is 0 Å². The number of carbonyl (C=O) groups is 2. The van der Waals surface area contributed by atoms with E-state index in [2.05, 4.69) is 26.6 Å². The van der Waals surface area contributed by atoms with Gasteiger partial charge in [0, 0.05) is 34.5 Å². The summed E-state index contributed by atoms with van der Waals surface area (Å²) in [5.41, 5.74) is 2.77. The number of aryl methyl sites for hydroxylation is 1. The van der Waals surface area contributed by atoms with Crippen LogP contribution in [0.15, 0.2) is 77.3 Å². The molecule has 0 fully saturated rings. The average Bonchev–Trinajstić information content (AvgIpc) is 2.73. The molecule has 0 atom stereocenters. The molecule has 0 bridgehead atoms. The minimum absolute atomic E-state index is 0.211. The summed E-state index contributed by atoms with van der Waals surface area (Å²) in [7, 11) is 0. The highest BCUT2D eigenvalue weighted by atomic mass is 79.9. The lowest BCUT2D eigenvalue weighted by Gasteiger charge is -2.23. The zero-order valence-corrected chi connectivity index (χ0v) is 17.9. The van der Waals surface area contributed by atoms with Gasteiger partial charge >= 0.3 is 6.03 Å². The molecule has 0 spiro atoms. The predicted octanol–water partition coefficient (Wildman–Crippen LogP) is 5.37. The van der Waals surface area contributed by atoms with Crippen LogP contribution in [0.25, 0.3) is 0 Å². The Hall–Kier alpha value is -3.19. The first kappa shape index (κ1) is 21.5. The molecule has 3 amide bonds. The molecule has 0 aliphatic heterocycles. The van der Waals surface area contributed by atoms with Gasteiger partial charge in [-0.15, -0.1) is 0 Å². The molecule has 3 aromatic carbocycles. The number of carbonyl (C=O) groups excluding carboxylic acids is 2. The first-order valence-corrected chi connectivity index (χ1v) is 10.2. The fourth-order valence-electron chi connectivity index (χ4n) is 2.81. The highest BCUT2D eigenvalue weighted by molar-refractivity contribution is 9.10. The molecule has 0 heterocycles. The van der Waals surface area contributed by atoms with E-state index in [1.165, 1.54) is 29.2 Å². The van der Waals surface area contributed by atoms with Gasteiger partial charge in [0.25, 0.3) is 5.91 Å². The summed E-state index contributed by atoms with van der Waals surface area (Å²) in [4.78, 5) is 26.7. The second-order valence-electron chi connectivity index (χ2n) is 6.69. The molecular weight excluding hydrogens is 449 g/mol. The van der Waals surface area contributed by atoms with Crippen LogP contribution in [-0.4, -0.2) is 25.0 Å². The van der Waals surface area contributed by atoms with E-state index >= 15 is 0 Å². The molecule has 3 rings (SSSR count). The summed E-state index contributed by atoms with van der Waals surface area (Å²) in [6, 6.07) is 19.7. The highest BCUT2D eigenvalue weighted by Gasteiger charge is 2.17. The minimum atomic E-state index is -0.388. The van der Waals surface area contributed by atoms with Crippen LogP contribution in [0.4, 0.5) is 20.6 Å². The summed E-state index contributed by atoms with van der Waals surface area (Å²) in [5, 5.41) is 5.64. The van der Waals surface area contributed by atoms with Crippen molar-refractivity contribution in [3.8, 4) is 0 Å². The molecule has 0 unspecified atom stereocenters. The van der Waals surface area contributed by atoms with Crippen molar-refractivity contribution in [3.63, 3.8) is 0 Å². The van der Waals surface area contributed by atoms with Crippen molar-refractivity contribution in [3.05, 3.63) is 94.2 Å². The van der Waals surface area contributed by atoms with Gasteiger partial charge in [-0.2, -0.15) is 0 Å². The van der Waals surface area contributed by atoms with Crippen molar-refractivity contribution in [2.45, 2.75) is 6.92 Å². The molecule has 3 aromatic rings. The van der Waals surface area contributed by atoms with Crippen LogP contribution < -0.4 is 15.5 Å². The second kappa shape index (κ2) is 10.0. The standard InChI is InChI=1S/C23H21BrFN3O2/c1-16-5-9-20(10-6-16)27-23(30)28(21-11-7-19(25)8-12-21)14-13-26-22(29)17-3-2-4-18(24)15-17/h2-12,15H,13-14H2,1H3,(H,26,29)(H,27,30). The Morgan fingerprint density at radius 1 is 1.00 bits per heavy atom. The molecule has 7 heteroatoms. The van der Waals surface area contributed by atoms with E-state index in [0.717, 1.165) is 10.0 Å². The molecule has 0 aliphatic rings. The molecule has 30 heavy (non-hydrogen) atoms. The second-order valence-corrected chi connectivity index (χ2v) is 7.61. The normalized spacial score (nSPS) is 10.4. The summed E-state index contributed by atoms with van der Waals surface area (Å²) in [6.45, 7) is 2.40. The molecular formula is C23H21BrFN3O2. The van der Waals surface area contributed by atoms with Crippen molar-refractivity contribution in [1.29, 1.82) is 0 Å². The predicted molar refractivity (Wildman–Crippen MR) is 120 cm³/mol. The van der Waals surface area contributed by atoms with E-state index in [1.807, 2.05) is 37.3 Å². The number of anilines is 2. The lowest BCUT2D eigenvalue weighted by atomic mass is 10.2. The van der Waals surface area contributed by atoms with Gasteiger partial charge in [0.15, 0.2) is 0 Å². The number of hydrogen-bond acceptors (Lipinski definition) is 2. The van der Waals surface area contributed by atoms with Gasteiger partial charge in [-0.05, 0) is 61.5 Å². The number of hydrogen-bond donors (Lipinski definition) is 2. The SMILES string of the molecule is Cc1ccc(NC(=O)N(CCNC(=O)c2cccc(Br)c2)c2ccc(F)cc2)cc1. The molecule has 0 radical (unpaired) electrons. The largest absolute Gasteiger partial charge is 0.350 e. The zero-order valence-electron chi connectivity index (χ0n) is 16.4. The lowest BCUT2D eigenvalue weighted by molar-refractivity contribution is 0.0954. The topological polar surface area (TPSA) is 61.4 Å². The minimum Gasteiger partial charge on any atom is -0.350 e. The fourth-order valence-corrected chi connectivity index (χ4v) is 3.21. The maximum atomic E-state index is 13.3. The van der Waals surface area contributed by atoms with Gasteiger partial charge in [0.2, 0.25) is 0 Å². The van der Waals surface area contributed by atoms with E-state index in [0.29, 0.717) is 16.9 Å². The Morgan fingerprint density at radius 2 is 1.70 bits per heavy atom. The highest BCUT2D eigenvalue weighted by Crippen LogP contribution is 2.17. The van der Waals surface area contributed by atoms with E-state index in [9.17, 15) is 14.0 Å². The summed E-state index contributed by atoms with van der Waals surface area (Å²) in [5.74, 6) is -0.630. The average molecular weight is 470 g/mol. The number of halogens is 2. The van der Waals surface area contributed by atoms with Crippen molar-refractivity contribution in [1.82, 2.24) is 5.32 Å². The maximum absolute atomic E-state index is 13.3. The molecule has 2 N–H and O–H groups in total. The number of benzene rings is 3. The smallest absolute Gasteiger partial charge is 0.326 e. The zero-order chi connectivity index (χ0) is 21.5. The Bertz CT molecular complexity index is 1020. The Morgan fingerprint density at radius 3 is 2.37 bits per heavy atom. The van der Waals surface area contributed by atoms with E-state index in [1.54, 1.807) is 18.2 Å². The van der Waals surface area contributed by atoms with Crippen molar-refractivity contribution >= 4 is 39.2 Å². The van der Waals surface area contributed by atoms with Crippen LogP contribution in [0.3, 0.4) is 0 Å². The van der Waals surface area contributed by atoms with Gasteiger partial charge in [-0.1, -0.05) is 39.7 Å². The van der Waals surface area contributed by atoms with E-state index in [-0.39, 0.29) is 30.8 Å². The third-order valence-corrected chi connectivity index (χ3v) is 4.89. The van der Waals surface area contributed by atoms with Crippen LogP contribution in [0.5, 0.6) is 0 Å².